The van der Waals surface area contributed by atoms with Crippen LogP contribution in [0, 0.1) is 0 Å². The summed E-state index contributed by atoms with van der Waals surface area (Å²) in [7, 11) is 0. The number of phenols is 1. The summed E-state index contributed by atoms with van der Waals surface area (Å²) in [6.07, 6.45) is -0.402. The first kappa shape index (κ1) is 68.2. The van der Waals surface area contributed by atoms with Gasteiger partial charge >= 0.3 is 0 Å². The summed E-state index contributed by atoms with van der Waals surface area (Å²) in [5.41, 5.74) is 36.8. The van der Waals surface area contributed by atoms with Gasteiger partial charge in [-0.3, -0.25) is 57.7 Å². The van der Waals surface area contributed by atoms with Crippen LogP contribution in [-0.4, -0.2) is 160 Å². The average Bonchev–Trinajstić information content (AvgIpc) is 2.36. The number of primary amides is 3. The summed E-state index contributed by atoms with van der Waals surface area (Å²) in [5, 5.41) is 25.9. The highest BCUT2D eigenvalue weighted by Crippen LogP contribution is 2.23. The summed E-state index contributed by atoms with van der Waals surface area (Å²) in [4.78, 5) is 159. The minimum Gasteiger partial charge on any atom is -0.508 e. The number of likely N-dealkylation sites (tertiary alicyclic amines) is 2. The number of hydrogen-bond donors (Lipinski definition) is 13. The maximum atomic E-state index is 14.8. The van der Waals surface area contributed by atoms with Gasteiger partial charge in [-0.25, -0.2) is 0 Å². The van der Waals surface area contributed by atoms with E-state index in [9.17, 15) is 57.8 Å². The highest BCUT2D eigenvalue weighted by atomic mass is 16.3. The fourth-order valence-corrected chi connectivity index (χ4v) is 10.7. The van der Waals surface area contributed by atoms with Crippen molar-refractivity contribution in [1.82, 2.24) is 41.7 Å². The van der Waals surface area contributed by atoms with Gasteiger partial charge in [0.05, 0.1) is 6.04 Å². The predicted octanol–water partition coefficient (Wildman–Crippen LogP) is -2.05. The zero-order chi connectivity index (χ0) is 64.6. The van der Waals surface area contributed by atoms with E-state index < -0.39 is 132 Å². The van der Waals surface area contributed by atoms with E-state index >= 15 is 0 Å². The van der Waals surface area contributed by atoms with E-state index in [2.05, 4.69) is 36.9 Å². The molecule has 27 heteroatoms. The Bertz CT molecular complexity index is 3140. The van der Waals surface area contributed by atoms with E-state index in [4.69, 9.17) is 34.4 Å². The number of nitrogens with one attached hydrogen (secondary N) is 6. The lowest BCUT2D eigenvalue weighted by Crippen LogP contribution is -2.60. The monoisotopic (exact) mass is 1230 g/mol. The summed E-state index contributed by atoms with van der Waals surface area (Å²) in [6, 6.07) is 20.7. The van der Waals surface area contributed by atoms with Gasteiger partial charge in [0.15, 0.2) is 5.96 Å². The van der Waals surface area contributed by atoms with Crippen molar-refractivity contribution in [2.75, 3.05) is 19.6 Å². The molecule has 0 aromatic heterocycles. The van der Waals surface area contributed by atoms with Crippen LogP contribution in [0.25, 0.3) is 0 Å². The molecule has 2 aliphatic heterocycles. The molecule has 0 radical (unpaired) electrons. The van der Waals surface area contributed by atoms with Gasteiger partial charge in [-0.2, -0.15) is 0 Å². The lowest BCUT2D eigenvalue weighted by molar-refractivity contribution is -0.143. The number of aromatic hydroxyl groups is 1. The molecule has 2 heterocycles. The van der Waals surface area contributed by atoms with E-state index in [1.54, 1.807) is 103 Å². The van der Waals surface area contributed by atoms with Gasteiger partial charge in [-0.05, 0) is 92.2 Å². The van der Waals surface area contributed by atoms with Crippen molar-refractivity contribution in [3.8, 4) is 5.75 Å². The lowest BCUT2D eigenvalue weighted by Gasteiger charge is -2.31. The minimum absolute atomic E-state index is 0.0213. The number of phenolic OH excluding ortho intramolecular Hbond substituents is 1. The van der Waals surface area contributed by atoms with Crippen molar-refractivity contribution in [2.45, 2.75) is 144 Å². The number of hydrogen-bond acceptors (Lipinski definition) is 14. The zero-order valence-electron chi connectivity index (χ0n) is 49.4. The molecule has 476 valence electrons. The van der Waals surface area contributed by atoms with Crippen molar-refractivity contribution in [1.29, 1.82) is 0 Å². The third kappa shape index (κ3) is 21.5. The molecule has 0 spiro atoms. The fourth-order valence-electron chi connectivity index (χ4n) is 10.7. The predicted molar refractivity (Wildman–Crippen MR) is 327 cm³/mol. The molecule has 11 amide bonds. The molecule has 4 aromatic rings. The first-order chi connectivity index (χ1) is 42.6. The maximum Gasteiger partial charge on any atom is 0.245 e. The van der Waals surface area contributed by atoms with E-state index in [0.717, 1.165) is 0 Å². The van der Waals surface area contributed by atoms with Crippen molar-refractivity contribution < 1.29 is 57.8 Å². The highest BCUT2D eigenvalue weighted by Gasteiger charge is 2.42. The number of nitrogens with zero attached hydrogens (tertiary/aromatic N) is 3. The van der Waals surface area contributed by atoms with Crippen LogP contribution in [-0.2, 0) is 78.4 Å². The summed E-state index contributed by atoms with van der Waals surface area (Å²) in [6.45, 7) is 0.246. The second-order valence-corrected chi connectivity index (χ2v) is 22.2. The fraction of sp³-hybridized carbons (Fsp3) is 0.419. The van der Waals surface area contributed by atoms with Crippen LogP contribution in [0.1, 0.15) is 86.5 Å². The molecule has 6 rings (SSSR count). The van der Waals surface area contributed by atoms with E-state index in [0.29, 0.717) is 28.7 Å². The molecule has 89 heavy (non-hydrogen) atoms. The Morgan fingerprint density at radius 1 is 0.461 bits per heavy atom. The Labute approximate surface area is 515 Å². The zero-order valence-corrected chi connectivity index (χ0v) is 49.4. The SMILES string of the molecule is NC(=O)CC[C@H](NC(=O)[C@@H]1CCCN1C(=O)[C@H](CCC(N)=O)NC(=O)[C@H](Cc1ccccc1)NC(=O)[C@H](Cc1ccccc1)NC(=O)[C@@H]1CCCN1C(=O)[C@@H](N)Cc1ccc(O)cc1)C(=O)N[C@@H](CCCN=C(N)N)C(=O)N[C@@H](Cc1ccccc1)C(N)=O. The number of nitrogens with two attached hydrogens (primary N) is 6. The largest absolute Gasteiger partial charge is 0.508 e. The summed E-state index contributed by atoms with van der Waals surface area (Å²) in [5.74, 6) is -8.88. The molecule has 0 aliphatic carbocycles. The van der Waals surface area contributed by atoms with E-state index in [1.165, 1.54) is 21.9 Å². The lowest BCUT2D eigenvalue weighted by atomic mass is 10.0. The van der Waals surface area contributed by atoms with E-state index in [1.807, 2.05) is 0 Å². The average molecular weight is 1230 g/mol. The second kappa shape index (κ2) is 33.8. The number of guanidine groups is 1. The number of rotatable bonds is 33. The molecule has 27 nitrogen and oxygen atoms in total. The number of amides is 11. The molecular formula is C62H81N15O12. The highest BCUT2D eigenvalue weighted by molar-refractivity contribution is 5.99. The molecule has 2 saturated heterocycles. The quantitative estimate of drug-likeness (QED) is 0.0139. The van der Waals surface area contributed by atoms with Gasteiger partial charge in [0, 0.05) is 51.7 Å². The van der Waals surface area contributed by atoms with E-state index in [-0.39, 0.29) is 102 Å². The van der Waals surface area contributed by atoms with Gasteiger partial charge < -0.3 is 81.2 Å². The van der Waals surface area contributed by atoms with Crippen molar-refractivity contribution in [2.24, 2.45) is 39.4 Å². The van der Waals surface area contributed by atoms with Gasteiger partial charge in [0.2, 0.25) is 65.0 Å². The Balaban J connectivity index is 1.20. The smallest absolute Gasteiger partial charge is 0.245 e. The number of benzene rings is 4. The van der Waals surface area contributed by atoms with Crippen LogP contribution >= 0.6 is 0 Å². The Morgan fingerprint density at radius 3 is 1.31 bits per heavy atom. The molecule has 9 atom stereocenters. The normalized spacial score (nSPS) is 16.8. The number of carbonyl (C=O) groups excluding carboxylic acids is 11. The maximum absolute atomic E-state index is 14.8. The van der Waals surface area contributed by atoms with Crippen molar-refractivity contribution >= 4 is 70.9 Å². The van der Waals surface area contributed by atoms with Crippen LogP contribution < -0.4 is 66.3 Å². The minimum atomic E-state index is -1.53. The number of aliphatic imine (C=N–C) groups is 1. The molecular weight excluding hydrogens is 1150 g/mol. The third-order valence-electron chi connectivity index (χ3n) is 15.3. The molecule has 0 bridgehead atoms. The second-order valence-electron chi connectivity index (χ2n) is 22.2. The van der Waals surface area contributed by atoms with Crippen LogP contribution in [0.3, 0.4) is 0 Å². The van der Waals surface area contributed by atoms with Crippen LogP contribution in [0.2, 0.25) is 0 Å². The Kier molecular flexibility index (Phi) is 25.9. The Morgan fingerprint density at radius 2 is 0.843 bits per heavy atom. The summed E-state index contributed by atoms with van der Waals surface area (Å²) >= 11 is 0. The van der Waals surface area contributed by atoms with Gasteiger partial charge in [0.25, 0.3) is 0 Å². The Hall–Kier alpha value is -9.92. The molecule has 2 fully saturated rings. The molecule has 0 unspecified atom stereocenters. The molecule has 0 saturated carbocycles. The van der Waals surface area contributed by atoms with Crippen LogP contribution in [0.5, 0.6) is 5.75 Å². The van der Waals surface area contributed by atoms with Crippen molar-refractivity contribution in [3.63, 3.8) is 0 Å². The molecule has 4 aromatic carbocycles. The van der Waals surface area contributed by atoms with Crippen LogP contribution in [0.4, 0.5) is 0 Å². The van der Waals surface area contributed by atoms with Gasteiger partial charge in [-0.1, -0.05) is 103 Å². The standard InChI is InChI=1S/C62H81N15O12/c63-42(33-40-22-24-41(78)25-23-40)60(88)76-31-11-20-49(76)59(87)75-48(36-39-17-8-3-9-18-39)57(85)74-47(35-38-15-6-2-7-16-38)56(84)72-45(27-29-52(65)80)61(89)77-32-12-21-50(77)58(86)71-44(26-28-51(64)79)55(83)70-43(19-10-30-69-62(67)68)54(82)73-46(53(66)81)34-37-13-4-1-5-14-37/h1-9,13-18,22-25,42-50,78H,10-12,19-21,26-36,63H2,(H2,64,79)(H2,65,80)(H2,66,81)(H,70,83)(H,71,86)(H,72,84)(H,73,82)(H,74,85)(H,75,87)(H4,67,68,69)/t42-,43-,44-,45-,46-,47-,48-,49-,50-/m0/s1. The van der Waals surface area contributed by atoms with Crippen molar-refractivity contribution in [3.05, 3.63) is 138 Å². The van der Waals surface area contributed by atoms with Crippen LogP contribution in [0.15, 0.2) is 120 Å². The molecule has 2 aliphatic rings. The summed E-state index contributed by atoms with van der Waals surface area (Å²) < 4.78 is 0. The van der Waals surface area contributed by atoms with Gasteiger partial charge in [0.1, 0.15) is 54.1 Å². The first-order valence-electron chi connectivity index (χ1n) is 29.6. The topological polar surface area (TPSA) is 455 Å². The van der Waals surface area contributed by atoms with Gasteiger partial charge in [-0.15, -0.1) is 0 Å². The number of carbonyl (C=O) groups is 11. The molecule has 19 N–H and O–H groups in total. The first-order valence-corrected chi connectivity index (χ1v) is 29.6. The third-order valence-corrected chi connectivity index (χ3v) is 15.3.